The van der Waals surface area contributed by atoms with E-state index in [9.17, 15) is 4.79 Å². The summed E-state index contributed by atoms with van der Waals surface area (Å²) in [5, 5.41) is 14.5. The number of tetrazole rings is 1. The molecule has 1 unspecified atom stereocenters. The first kappa shape index (κ1) is 17.6. The van der Waals surface area contributed by atoms with Gasteiger partial charge in [0.1, 0.15) is 0 Å². The van der Waals surface area contributed by atoms with Gasteiger partial charge in [0.05, 0.1) is 18.3 Å². The maximum atomic E-state index is 12.5. The van der Waals surface area contributed by atoms with Crippen LogP contribution in [-0.2, 0) is 11.3 Å². The van der Waals surface area contributed by atoms with Crippen LogP contribution < -0.4 is 0 Å². The van der Waals surface area contributed by atoms with Gasteiger partial charge in [0, 0.05) is 11.9 Å². The molecule has 0 saturated carbocycles. The third kappa shape index (κ3) is 4.46. The number of carbonyl (C=O) groups is 1. The van der Waals surface area contributed by atoms with Crippen molar-refractivity contribution in [3.63, 3.8) is 0 Å². The summed E-state index contributed by atoms with van der Waals surface area (Å²) in [5.74, 6) is 0.352. The Hall–Kier alpha value is -2.19. The summed E-state index contributed by atoms with van der Waals surface area (Å²) in [6, 6.07) is 14.1. The van der Waals surface area contributed by atoms with Crippen molar-refractivity contribution in [2.75, 3.05) is 12.8 Å². The number of amides is 1. The average molecular weight is 374 g/mol. The monoisotopic (exact) mass is 373 g/mol. The molecule has 25 heavy (non-hydrogen) atoms. The SMILES string of the molecule is CC(c1ccccc1)N(C)C(=O)CSc1nnnn1Cc1cccs1. The van der Waals surface area contributed by atoms with Gasteiger partial charge in [-0.2, -0.15) is 0 Å². The second kappa shape index (κ2) is 8.26. The topological polar surface area (TPSA) is 63.9 Å². The zero-order valence-corrected chi connectivity index (χ0v) is 15.7. The molecule has 6 nitrogen and oxygen atoms in total. The Balaban J connectivity index is 1.58. The highest BCUT2D eigenvalue weighted by atomic mass is 32.2. The van der Waals surface area contributed by atoms with Crippen LogP contribution in [0.15, 0.2) is 53.0 Å². The number of nitrogens with zero attached hydrogens (tertiary/aromatic N) is 5. The fourth-order valence-electron chi connectivity index (χ4n) is 2.35. The number of thiophene rings is 1. The zero-order valence-electron chi connectivity index (χ0n) is 14.1. The van der Waals surface area contributed by atoms with Crippen LogP contribution >= 0.6 is 23.1 Å². The minimum atomic E-state index is 0.0245. The molecule has 0 bridgehead atoms. The van der Waals surface area contributed by atoms with E-state index in [1.54, 1.807) is 20.9 Å². The average Bonchev–Trinajstić information content (AvgIpc) is 3.31. The molecule has 2 aromatic heterocycles. The number of benzene rings is 1. The van der Waals surface area contributed by atoms with E-state index in [-0.39, 0.29) is 11.9 Å². The number of hydrogen-bond donors (Lipinski definition) is 0. The lowest BCUT2D eigenvalue weighted by Crippen LogP contribution is -2.31. The highest BCUT2D eigenvalue weighted by Gasteiger charge is 2.18. The molecule has 0 fully saturated rings. The normalized spacial score (nSPS) is 12.1. The zero-order chi connectivity index (χ0) is 17.6. The smallest absolute Gasteiger partial charge is 0.233 e. The van der Waals surface area contributed by atoms with Crippen LogP contribution in [0.4, 0.5) is 0 Å². The fraction of sp³-hybridized carbons (Fsp3) is 0.294. The lowest BCUT2D eigenvalue weighted by Gasteiger charge is -2.25. The van der Waals surface area contributed by atoms with Crippen molar-refractivity contribution in [1.29, 1.82) is 0 Å². The third-order valence-electron chi connectivity index (χ3n) is 3.97. The molecule has 1 atom stereocenters. The van der Waals surface area contributed by atoms with Crippen LogP contribution in [-0.4, -0.2) is 43.8 Å². The highest BCUT2D eigenvalue weighted by Crippen LogP contribution is 2.21. The van der Waals surface area contributed by atoms with Gasteiger partial charge in [0.2, 0.25) is 11.1 Å². The van der Waals surface area contributed by atoms with E-state index in [4.69, 9.17) is 0 Å². The summed E-state index contributed by atoms with van der Waals surface area (Å²) in [5.41, 5.74) is 1.12. The van der Waals surface area contributed by atoms with Gasteiger partial charge >= 0.3 is 0 Å². The molecule has 1 aromatic carbocycles. The predicted octanol–water partition coefficient (Wildman–Crippen LogP) is 3.09. The van der Waals surface area contributed by atoms with Gasteiger partial charge in [0.25, 0.3) is 0 Å². The Bertz CT molecular complexity index is 804. The summed E-state index contributed by atoms with van der Waals surface area (Å²) in [7, 11) is 1.83. The number of carbonyl (C=O) groups excluding carboxylic acids is 1. The van der Waals surface area contributed by atoms with Crippen molar-refractivity contribution in [3.05, 3.63) is 58.3 Å². The van der Waals surface area contributed by atoms with Gasteiger partial charge in [-0.05, 0) is 34.4 Å². The molecule has 8 heteroatoms. The van der Waals surface area contributed by atoms with Gasteiger partial charge in [-0.3, -0.25) is 4.79 Å². The highest BCUT2D eigenvalue weighted by molar-refractivity contribution is 7.99. The molecule has 0 aliphatic carbocycles. The van der Waals surface area contributed by atoms with E-state index in [0.29, 0.717) is 17.5 Å². The maximum Gasteiger partial charge on any atom is 0.233 e. The van der Waals surface area contributed by atoms with E-state index in [1.165, 1.54) is 16.6 Å². The van der Waals surface area contributed by atoms with Crippen LogP contribution in [0.25, 0.3) is 0 Å². The molecule has 2 heterocycles. The molecule has 3 aromatic rings. The van der Waals surface area contributed by atoms with Gasteiger partial charge in [-0.25, -0.2) is 4.68 Å². The summed E-state index contributed by atoms with van der Waals surface area (Å²) < 4.78 is 1.73. The Morgan fingerprint density at radius 3 is 2.80 bits per heavy atom. The number of thioether (sulfide) groups is 1. The summed E-state index contributed by atoms with van der Waals surface area (Å²) >= 11 is 3.02. The lowest BCUT2D eigenvalue weighted by molar-refractivity contribution is -0.128. The molecule has 0 N–H and O–H groups in total. The third-order valence-corrected chi connectivity index (χ3v) is 5.77. The molecule has 0 aliphatic rings. The van der Waals surface area contributed by atoms with Crippen LogP contribution in [0.5, 0.6) is 0 Å². The van der Waals surface area contributed by atoms with Crippen molar-refractivity contribution in [1.82, 2.24) is 25.1 Å². The van der Waals surface area contributed by atoms with Crippen molar-refractivity contribution >= 4 is 29.0 Å². The molecule has 3 rings (SSSR count). The first-order chi connectivity index (χ1) is 12.1. The molecule has 0 radical (unpaired) electrons. The van der Waals surface area contributed by atoms with E-state index >= 15 is 0 Å². The standard InChI is InChI=1S/C17H19N5OS2/c1-13(14-7-4-3-5-8-14)21(2)16(23)12-25-17-18-19-20-22(17)11-15-9-6-10-24-15/h3-10,13H,11-12H2,1-2H3. The summed E-state index contributed by atoms with van der Waals surface area (Å²) in [4.78, 5) is 15.4. The number of aromatic nitrogens is 4. The first-order valence-electron chi connectivity index (χ1n) is 7.87. The molecule has 0 aliphatic heterocycles. The minimum Gasteiger partial charge on any atom is -0.338 e. The predicted molar refractivity (Wildman–Crippen MR) is 99.6 cm³/mol. The molecule has 0 saturated heterocycles. The maximum absolute atomic E-state index is 12.5. The lowest BCUT2D eigenvalue weighted by atomic mass is 10.1. The van der Waals surface area contributed by atoms with Crippen molar-refractivity contribution in [2.45, 2.75) is 24.7 Å². The van der Waals surface area contributed by atoms with Crippen molar-refractivity contribution in [3.8, 4) is 0 Å². The summed E-state index contributed by atoms with van der Waals surface area (Å²) in [6.45, 7) is 2.65. The van der Waals surface area contributed by atoms with Crippen molar-refractivity contribution < 1.29 is 4.79 Å². The Morgan fingerprint density at radius 1 is 1.28 bits per heavy atom. The Morgan fingerprint density at radius 2 is 2.08 bits per heavy atom. The Labute approximate surface area is 154 Å². The van der Waals surface area contributed by atoms with E-state index in [1.807, 2.05) is 61.8 Å². The van der Waals surface area contributed by atoms with Gasteiger partial charge in [-0.1, -0.05) is 48.2 Å². The first-order valence-corrected chi connectivity index (χ1v) is 9.73. The van der Waals surface area contributed by atoms with Crippen LogP contribution in [0.2, 0.25) is 0 Å². The van der Waals surface area contributed by atoms with E-state index < -0.39 is 0 Å². The van der Waals surface area contributed by atoms with E-state index in [2.05, 4.69) is 15.5 Å². The quantitative estimate of drug-likeness (QED) is 0.596. The largest absolute Gasteiger partial charge is 0.338 e. The van der Waals surface area contributed by atoms with Crippen LogP contribution in [0.1, 0.15) is 23.4 Å². The van der Waals surface area contributed by atoms with Gasteiger partial charge in [0.15, 0.2) is 0 Å². The van der Waals surface area contributed by atoms with Gasteiger partial charge in [-0.15, -0.1) is 16.4 Å². The molecule has 1 amide bonds. The summed E-state index contributed by atoms with van der Waals surface area (Å²) in [6.07, 6.45) is 0. The van der Waals surface area contributed by atoms with Gasteiger partial charge < -0.3 is 4.90 Å². The van der Waals surface area contributed by atoms with Crippen LogP contribution in [0.3, 0.4) is 0 Å². The van der Waals surface area contributed by atoms with Crippen molar-refractivity contribution in [2.24, 2.45) is 0 Å². The molecular weight excluding hydrogens is 354 g/mol. The fourth-order valence-corrected chi connectivity index (χ4v) is 3.83. The number of hydrogen-bond acceptors (Lipinski definition) is 6. The Kier molecular flexibility index (Phi) is 5.83. The number of rotatable bonds is 7. The van der Waals surface area contributed by atoms with Crippen LogP contribution in [0, 0.1) is 0 Å². The molecule has 0 spiro atoms. The molecule has 130 valence electrons. The minimum absolute atomic E-state index is 0.0245. The van der Waals surface area contributed by atoms with E-state index in [0.717, 1.165) is 5.56 Å². The molecular formula is C17H19N5OS2. The second-order valence-electron chi connectivity index (χ2n) is 5.58. The second-order valence-corrected chi connectivity index (χ2v) is 7.55.